The molecule has 0 aliphatic carbocycles. The summed E-state index contributed by atoms with van der Waals surface area (Å²) < 4.78 is 7.42. The van der Waals surface area contributed by atoms with Crippen LogP contribution >= 0.6 is 34.4 Å². The minimum absolute atomic E-state index is 0.159. The van der Waals surface area contributed by atoms with Crippen molar-refractivity contribution in [1.82, 2.24) is 25.0 Å². The van der Waals surface area contributed by atoms with Gasteiger partial charge < -0.3 is 9.73 Å². The van der Waals surface area contributed by atoms with Crippen LogP contribution in [-0.2, 0) is 11.3 Å². The van der Waals surface area contributed by atoms with E-state index in [-0.39, 0.29) is 11.7 Å². The number of thiophene rings is 1. The number of thiazole rings is 1. The van der Waals surface area contributed by atoms with Gasteiger partial charge in [0.2, 0.25) is 5.91 Å². The quantitative estimate of drug-likeness (QED) is 0.443. The molecule has 0 aliphatic heterocycles. The number of hydrogen-bond donors (Lipinski definition) is 1. The third-order valence-corrected chi connectivity index (χ3v) is 6.44. The highest BCUT2D eigenvalue weighted by molar-refractivity contribution is 7.99. The largest absolute Gasteiger partial charge is 0.410 e. The zero-order valence-corrected chi connectivity index (χ0v) is 17.5. The molecule has 144 valence electrons. The Kier molecular flexibility index (Phi) is 5.55. The second-order valence-corrected chi connectivity index (χ2v) is 8.97. The maximum absolute atomic E-state index is 12.3. The van der Waals surface area contributed by atoms with Crippen molar-refractivity contribution in [3.8, 4) is 10.8 Å². The Labute approximate surface area is 173 Å². The molecule has 4 heterocycles. The molecule has 0 unspecified atom stereocenters. The number of thioether (sulfide) groups is 1. The third kappa shape index (κ3) is 4.32. The molecule has 4 aromatic rings. The number of carbonyl (C=O) groups excluding carboxylic acids is 1. The molecule has 0 bridgehead atoms. The molecule has 28 heavy (non-hydrogen) atoms. The number of nitrogens with zero attached hydrogens (tertiary/aromatic N) is 5. The highest BCUT2D eigenvalue weighted by atomic mass is 32.2. The summed E-state index contributed by atoms with van der Waals surface area (Å²) in [5, 5.41) is 18.5. The lowest BCUT2D eigenvalue weighted by atomic mass is 10.4. The van der Waals surface area contributed by atoms with E-state index < -0.39 is 0 Å². The highest BCUT2D eigenvalue weighted by Crippen LogP contribution is 2.30. The van der Waals surface area contributed by atoms with Crippen molar-refractivity contribution in [2.75, 3.05) is 11.1 Å². The molecule has 0 aliphatic rings. The van der Waals surface area contributed by atoms with E-state index in [9.17, 15) is 4.79 Å². The van der Waals surface area contributed by atoms with E-state index in [1.807, 2.05) is 31.4 Å². The van der Waals surface area contributed by atoms with Crippen LogP contribution in [-0.4, -0.2) is 36.6 Å². The molecule has 4 aromatic heterocycles. The molecular formula is C17H16N6O2S3. The zero-order valence-electron chi connectivity index (χ0n) is 15.1. The van der Waals surface area contributed by atoms with Gasteiger partial charge in [0, 0.05) is 10.9 Å². The van der Waals surface area contributed by atoms with E-state index in [1.54, 1.807) is 28.3 Å². The number of rotatable bonds is 7. The summed E-state index contributed by atoms with van der Waals surface area (Å²) in [6, 6.07) is 5.80. The van der Waals surface area contributed by atoms with Gasteiger partial charge in [0.05, 0.1) is 29.2 Å². The number of hydrogen-bond acceptors (Lipinski definition) is 9. The Morgan fingerprint density at radius 3 is 2.96 bits per heavy atom. The minimum Gasteiger partial charge on any atom is -0.410 e. The number of aryl methyl sites for hydroxylation is 2. The van der Waals surface area contributed by atoms with Crippen LogP contribution in [0, 0.1) is 13.8 Å². The van der Waals surface area contributed by atoms with Crippen molar-refractivity contribution in [3.05, 3.63) is 45.4 Å². The first kappa shape index (κ1) is 18.8. The first-order valence-electron chi connectivity index (χ1n) is 8.33. The fourth-order valence-electron chi connectivity index (χ4n) is 2.51. The van der Waals surface area contributed by atoms with Crippen LogP contribution in [0.4, 0.5) is 5.82 Å². The second kappa shape index (κ2) is 8.25. The third-order valence-electron chi connectivity index (χ3n) is 3.70. The Morgan fingerprint density at radius 1 is 1.32 bits per heavy atom. The fraction of sp³-hybridized carbons (Fsp3) is 0.235. The lowest BCUT2D eigenvalue weighted by molar-refractivity contribution is -0.113. The molecule has 1 N–H and O–H groups in total. The first-order valence-corrected chi connectivity index (χ1v) is 11.0. The molecule has 0 aromatic carbocycles. The maximum atomic E-state index is 12.3. The standard InChI is InChI=1S/C17H16N6O2S3/c1-10-15(28-11(2)19-10)16-21-22-17(25-16)27-9-14(24)20-13-5-6-18-23(13)8-12-4-3-7-26-12/h3-7H,8-9H2,1-2H3,(H,20,24). The number of amides is 1. The van der Waals surface area contributed by atoms with Gasteiger partial charge in [-0.15, -0.1) is 32.9 Å². The van der Waals surface area contributed by atoms with Gasteiger partial charge in [-0.1, -0.05) is 17.8 Å². The predicted molar refractivity (Wildman–Crippen MR) is 110 cm³/mol. The summed E-state index contributed by atoms with van der Waals surface area (Å²) in [6.45, 7) is 4.46. The summed E-state index contributed by atoms with van der Waals surface area (Å²) >= 11 is 4.35. The maximum Gasteiger partial charge on any atom is 0.277 e. The van der Waals surface area contributed by atoms with Crippen molar-refractivity contribution >= 4 is 46.2 Å². The summed E-state index contributed by atoms with van der Waals surface area (Å²) in [7, 11) is 0. The van der Waals surface area contributed by atoms with Crippen LogP contribution in [0.1, 0.15) is 15.6 Å². The summed E-state index contributed by atoms with van der Waals surface area (Å²) in [5.41, 5.74) is 0.861. The lowest BCUT2D eigenvalue weighted by Crippen LogP contribution is -2.17. The average Bonchev–Trinajstić information content (AvgIpc) is 3.44. The molecule has 0 radical (unpaired) electrons. The first-order chi connectivity index (χ1) is 13.6. The van der Waals surface area contributed by atoms with Gasteiger partial charge in [-0.05, 0) is 25.3 Å². The minimum atomic E-state index is -0.164. The molecule has 8 nitrogen and oxygen atoms in total. The lowest BCUT2D eigenvalue weighted by Gasteiger charge is -2.07. The van der Waals surface area contributed by atoms with Crippen molar-refractivity contribution in [2.45, 2.75) is 25.6 Å². The summed E-state index contributed by atoms with van der Waals surface area (Å²) in [6.07, 6.45) is 1.67. The van der Waals surface area contributed by atoms with Gasteiger partial charge in [-0.2, -0.15) is 5.10 Å². The van der Waals surface area contributed by atoms with E-state index in [4.69, 9.17) is 4.42 Å². The van der Waals surface area contributed by atoms with Crippen molar-refractivity contribution in [3.63, 3.8) is 0 Å². The van der Waals surface area contributed by atoms with Crippen LogP contribution in [0.15, 0.2) is 39.4 Å². The van der Waals surface area contributed by atoms with E-state index in [0.717, 1.165) is 15.6 Å². The molecular weight excluding hydrogens is 416 g/mol. The van der Waals surface area contributed by atoms with Gasteiger partial charge >= 0.3 is 0 Å². The van der Waals surface area contributed by atoms with Crippen molar-refractivity contribution in [1.29, 1.82) is 0 Å². The molecule has 0 saturated carbocycles. The van der Waals surface area contributed by atoms with Crippen LogP contribution in [0.25, 0.3) is 10.8 Å². The van der Waals surface area contributed by atoms with E-state index >= 15 is 0 Å². The smallest absolute Gasteiger partial charge is 0.277 e. The second-order valence-electron chi connectivity index (χ2n) is 5.81. The Balaban J connectivity index is 1.34. The fourth-order valence-corrected chi connectivity index (χ4v) is 4.60. The van der Waals surface area contributed by atoms with Crippen molar-refractivity contribution in [2.24, 2.45) is 0 Å². The summed E-state index contributed by atoms with van der Waals surface area (Å²) in [5.74, 6) is 1.08. The Hall–Kier alpha value is -2.50. The van der Waals surface area contributed by atoms with Crippen LogP contribution in [0.3, 0.4) is 0 Å². The van der Waals surface area contributed by atoms with Gasteiger partial charge in [-0.3, -0.25) is 4.79 Å². The SMILES string of the molecule is Cc1nc(C)c(-c2nnc(SCC(=O)Nc3ccnn3Cc3cccs3)o2)s1. The highest BCUT2D eigenvalue weighted by Gasteiger charge is 2.16. The molecule has 0 saturated heterocycles. The molecule has 4 rings (SSSR count). The van der Waals surface area contributed by atoms with Crippen molar-refractivity contribution < 1.29 is 9.21 Å². The van der Waals surface area contributed by atoms with Gasteiger partial charge in [0.15, 0.2) is 0 Å². The van der Waals surface area contributed by atoms with Gasteiger partial charge in [0.25, 0.3) is 11.1 Å². The molecule has 1 amide bonds. The number of anilines is 1. The van der Waals surface area contributed by atoms with Gasteiger partial charge in [0.1, 0.15) is 10.7 Å². The van der Waals surface area contributed by atoms with Crippen LogP contribution < -0.4 is 5.32 Å². The van der Waals surface area contributed by atoms with Gasteiger partial charge in [-0.25, -0.2) is 9.67 Å². The molecule has 11 heteroatoms. The van der Waals surface area contributed by atoms with Crippen LogP contribution in [0.2, 0.25) is 0 Å². The Morgan fingerprint density at radius 2 is 2.21 bits per heavy atom. The number of aromatic nitrogens is 5. The van der Waals surface area contributed by atoms with E-state index in [1.165, 1.54) is 28.0 Å². The number of carbonyl (C=O) groups is 1. The monoisotopic (exact) mass is 432 g/mol. The molecule has 0 atom stereocenters. The predicted octanol–water partition coefficient (Wildman–Crippen LogP) is 3.85. The normalized spacial score (nSPS) is 11.1. The van der Waals surface area contributed by atoms with E-state index in [2.05, 4.69) is 25.6 Å². The molecule has 0 fully saturated rings. The number of nitrogens with one attached hydrogen (secondary N) is 1. The van der Waals surface area contributed by atoms with E-state index in [0.29, 0.717) is 23.5 Å². The zero-order chi connectivity index (χ0) is 19.5. The van der Waals surface area contributed by atoms with Crippen LogP contribution in [0.5, 0.6) is 0 Å². The Bertz CT molecular complexity index is 1080. The summed E-state index contributed by atoms with van der Waals surface area (Å²) in [4.78, 5) is 18.7. The molecule has 0 spiro atoms. The average molecular weight is 433 g/mol. The topological polar surface area (TPSA) is 98.7 Å².